The predicted molar refractivity (Wildman–Crippen MR) is 69.8 cm³/mol. The number of nitrogens with one attached hydrogen (secondary N) is 1. The van der Waals surface area contributed by atoms with Crippen LogP contribution in [-0.2, 0) is 9.59 Å². The topological polar surface area (TPSA) is 71.5 Å². The number of carbonyl (C=O) groups is 2. The van der Waals surface area contributed by atoms with Gasteiger partial charge in [-0.25, -0.2) is 4.98 Å². The molecule has 1 fully saturated rings. The van der Waals surface area contributed by atoms with Crippen LogP contribution in [0.3, 0.4) is 0 Å². The van der Waals surface area contributed by atoms with Crippen molar-refractivity contribution in [3.63, 3.8) is 0 Å². The van der Waals surface area contributed by atoms with Gasteiger partial charge in [-0.05, 0) is 19.9 Å². The summed E-state index contributed by atoms with van der Waals surface area (Å²) < 4.78 is 5.24. The fourth-order valence-corrected chi connectivity index (χ4v) is 2.03. The van der Waals surface area contributed by atoms with Crippen molar-refractivity contribution in [1.82, 2.24) is 9.88 Å². The molecule has 1 unspecified atom stereocenters. The first-order valence-electron chi connectivity index (χ1n) is 6.35. The molecule has 102 valence electrons. The number of rotatable bonds is 5. The fraction of sp³-hybridized carbons (Fsp3) is 0.462. The average molecular weight is 263 g/mol. The lowest BCUT2D eigenvalue weighted by molar-refractivity contribution is -0.138. The van der Waals surface area contributed by atoms with Gasteiger partial charge in [0.25, 0.3) is 5.91 Å². The number of nitrogens with zero attached hydrogens (tertiary/aromatic N) is 2. The molecule has 0 aliphatic carbocycles. The predicted octanol–water partition coefficient (Wildman–Crippen LogP) is 1.04. The van der Waals surface area contributed by atoms with Crippen LogP contribution in [0.2, 0.25) is 0 Å². The Balaban J connectivity index is 2.02. The third kappa shape index (κ3) is 2.83. The first-order valence-corrected chi connectivity index (χ1v) is 6.35. The van der Waals surface area contributed by atoms with Crippen molar-refractivity contribution in [3.8, 4) is 5.88 Å². The maximum Gasteiger partial charge on any atom is 0.252 e. The van der Waals surface area contributed by atoms with Crippen molar-refractivity contribution in [2.24, 2.45) is 0 Å². The summed E-state index contributed by atoms with van der Waals surface area (Å²) in [6.07, 6.45) is 1.79. The molecule has 1 aromatic heterocycles. The number of imide groups is 1. The van der Waals surface area contributed by atoms with E-state index in [9.17, 15) is 9.59 Å². The van der Waals surface area contributed by atoms with E-state index in [-0.39, 0.29) is 18.2 Å². The van der Waals surface area contributed by atoms with E-state index in [4.69, 9.17) is 4.74 Å². The number of aromatic nitrogens is 1. The first-order chi connectivity index (χ1) is 9.15. The van der Waals surface area contributed by atoms with E-state index in [2.05, 4.69) is 10.3 Å². The van der Waals surface area contributed by atoms with Gasteiger partial charge in [-0.1, -0.05) is 0 Å². The lowest BCUT2D eigenvalue weighted by Gasteiger charge is -2.14. The smallest absolute Gasteiger partial charge is 0.252 e. The van der Waals surface area contributed by atoms with Gasteiger partial charge in [-0.15, -0.1) is 0 Å². The zero-order chi connectivity index (χ0) is 13.8. The maximum atomic E-state index is 11.9. The van der Waals surface area contributed by atoms with Crippen LogP contribution in [0.4, 0.5) is 5.69 Å². The molecular formula is C13H17N3O3. The number of anilines is 1. The summed E-state index contributed by atoms with van der Waals surface area (Å²) in [5, 5.41) is 3.02. The highest BCUT2D eigenvalue weighted by atomic mass is 16.5. The van der Waals surface area contributed by atoms with Crippen LogP contribution in [0, 0.1) is 0 Å². The Bertz CT molecular complexity index is 473. The number of hydrogen-bond donors (Lipinski definition) is 1. The third-order valence-electron chi connectivity index (χ3n) is 2.93. The minimum atomic E-state index is -0.493. The van der Waals surface area contributed by atoms with Crippen molar-refractivity contribution in [2.75, 3.05) is 18.5 Å². The number of ether oxygens (including phenoxy) is 1. The highest BCUT2D eigenvalue weighted by Gasteiger charge is 2.37. The highest BCUT2D eigenvalue weighted by Crippen LogP contribution is 2.19. The summed E-state index contributed by atoms with van der Waals surface area (Å²) in [5.41, 5.74) is 0.701. The molecule has 1 N–H and O–H groups in total. The van der Waals surface area contributed by atoms with Crippen LogP contribution in [0.1, 0.15) is 20.3 Å². The minimum Gasteiger partial charge on any atom is -0.478 e. The number of likely N-dealkylation sites (N-methyl/N-ethyl adjacent to an activating group) is 1. The van der Waals surface area contributed by atoms with Crippen LogP contribution in [0.25, 0.3) is 0 Å². The van der Waals surface area contributed by atoms with E-state index in [1.807, 2.05) is 6.92 Å². The molecule has 2 heterocycles. The molecule has 0 bridgehead atoms. The van der Waals surface area contributed by atoms with Crippen molar-refractivity contribution < 1.29 is 14.3 Å². The molecule has 2 amide bonds. The molecule has 0 aromatic carbocycles. The molecule has 0 spiro atoms. The number of pyridine rings is 1. The molecule has 19 heavy (non-hydrogen) atoms. The van der Waals surface area contributed by atoms with Crippen LogP contribution < -0.4 is 10.1 Å². The van der Waals surface area contributed by atoms with E-state index in [1.54, 1.807) is 25.3 Å². The molecule has 1 aromatic rings. The molecule has 6 nitrogen and oxygen atoms in total. The highest BCUT2D eigenvalue weighted by molar-refractivity contribution is 6.06. The van der Waals surface area contributed by atoms with Crippen molar-refractivity contribution >= 4 is 17.5 Å². The largest absolute Gasteiger partial charge is 0.478 e. The zero-order valence-electron chi connectivity index (χ0n) is 11.0. The fourth-order valence-electron chi connectivity index (χ4n) is 2.03. The van der Waals surface area contributed by atoms with Crippen LogP contribution in [0.5, 0.6) is 5.88 Å². The Morgan fingerprint density at radius 3 is 2.74 bits per heavy atom. The molecule has 0 saturated carbocycles. The summed E-state index contributed by atoms with van der Waals surface area (Å²) in [7, 11) is 0. The third-order valence-corrected chi connectivity index (χ3v) is 2.93. The van der Waals surface area contributed by atoms with Gasteiger partial charge >= 0.3 is 0 Å². The van der Waals surface area contributed by atoms with Gasteiger partial charge in [0, 0.05) is 12.6 Å². The van der Waals surface area contributed by atoms with E-state index >= 15 is 0 Å². The van der Waals surface area contributed by atoms with Crippen LogP contribution in [-0.4, -0.2) is 40.9 Å². The van der Waals surface area contributed by atoms with Gasteiger partial charge in [0.1, 0.15) is 6.04 Å². The maximum absolute atomic E-state index is 11.9. The second-order valence-electron chi connectivity index (χ2n) is 4.20. The van der Waals surface area contributed by atoms with Crippen LogP contribution in [0.15, 0.2) is 18.3 Å². The number of likely N-dealkylation sites (tertiary alicyclic amines) is 1. The van der Waals surface area contributed by atoms with Gasteiger partial charge in [-0.3, -0.25) is 14.5 Å². The van der Waals surface area contributed by atoms with Crippen molar-refractivity contribution in [3.05, 3.63) is 18.3 Å². The van der Waals surface area contributed by atoms with Gasteiger partial charge in [0.2, 0.25) is 11.8 Å². The Labute approximate surface area is 111 Å². The summed E-state index contributed by atoms with van der Waals surface area (Å²) >= 11 is 0. The summed E-state index contributed by atoms with van der Waals surface area (Å²) in [4.78, 5) is 28.9. The van der Waals surface area contributed by atoms with E-state index in [0.29, 0.717) is 24.7 Å². The Hall–Kier alpha value is -2.11. The van der Waals surface area contributed by atoms with Crippen LogP contribution >= 0.6 is 0 Å². The van der Waals surface area contributed by atoms with Gasteiger partial charge < -0.3 is 10.1 Å². The Morgan fingerprint density at radius 1 is 1.42 bits per heavy atom. The number of amides is 2. The molecule has 2 rings (SSSR count). The minimum absolute atomic E-state index is 0.135. The molecule has 1 aliphatic rings. The van der Waals surface area contributed by atoms with E-state index in [1.165, 1.54) is 4.90 Å². The van der Waals surface area contributed by atoms with Crippen molar-refractivity contribution in [2.45, 2.75) is 26.3 Å². The number of carbonyl (C=O) groups excluding carboxylic acids is 2. The first kappa shape index (κ1) is 13.3. The molecule has 1 aliphatic heterocycles. The zero-order valence-corrected chi connectivity index (χ0v) is 11.0. The van der Waals surface area contributed by atoms with Gasteiger partial charge in [0.05, 0.1) is 24.9 Å². The van der Waals surface area contributed by atoms with E-state index in [0.717, 1.165) is 0 Å². The quantitative estimate of drug-likeness (QED) is 0.804. The van der Waals surface area contributed by atoms with E-state index < -0.39 is 6.04 Å². The monoisotopic (exact) mass is 263 g/mol. The lowest BCUT2D eigenvalue weighted by Crippen LogP contribution is -2.34. The Morgan fingerprint density at radius 2 is 2.21 bits per heavy atom. The summed E-state index contributed by atoms with van der Waals surface area (Å²) in [6, 6.07) is 3.02. The standard InChI is InChI=1S/C13H17N3O3/c1-3-16-12(17)7-10(13(16)18)15-9-5-6-11(14-8-9)19-4-2/h5-6,8,10,15H,3-4,7H2,1-2H3. The normalized spacial score (nSPS) is 18.8. The lowest BCUT2D eigenvalue weighted by atomic mass is 10.2. The van der Waals surface area contributed by atoms with Gasteiger partial charge in [0.15, 0.2) is 0 Å². The summed E-state index contributed by atoms with van der Waals surface area (Å²) in [6.45, 7) is 4.64. The second kappa shape index (κ2) is 5.69. The SMILES string of the molecule is CCOc1ccc(NC2CC(=O)N(CC)C2=O)cn1. The molecule has 6 heteroatoms. The Kier molecular flexibility index (Phi) is 3.99. The molecule has 1 atom stereocenters. The second-order valence-corrected chi connectivity index (χ2v) is 4.20. The summed E-state index contributed by atoms with van der Waals surface area (Å²) in [5.74, 6) is 0.224. The number of hydrogen-bond acceptors (Lipinski definition) is 5. The molecule has 1 saturated heterocycles. The van der Waals surface area contributed by atoms with Crippen molar-refractivity contribution in [1.29, 1.82) is 0 Å². The molecule has 0 radical (unpaired) electrons. The average Bonchev–Trinajstić information content (AvgIpc) is 2.67. The van der Waals surface area contributed by atoms with Gasteiger partial charge in [-0.2, -0.15) is 0 Å². The molecular weight excluding hydrogens is 246 g/mol.